The smallest absolute Gasteiger partial charge is 0.149 e. The van der Waals surface area contributed by atoms with Crippen molar-refractivity contribution in [2.75, 3.05) is 0 Å². The molecule has 0 saturated carbocycles. The van der Waals surface area contributed by atoms with Crippen molar-refractivity contribution in [3.8, 4) is 78.6 Å². The fourth-order valence-electron chi connectivity index (χ4n) is 9.96. The van der Waals surface area contributed by atoms with E-state index in [1.807, 2.05) is 32.9 Å². The Bertz CT molecular complexity index is 3700. The van der Waals surface area contributed by atoms with Crippen molar-refractivity contribution in [3.63, 3.8) is 0 Å². The molecule has 0 aliphatic rings. The summed E-state index contributed by atoms with van der Waals surface area (Å²) in [7, 11) is 0. The molecular weight excluding hydrogens is 899 g/mol. The summed E-state index contributed by atoms with van der Waals surface area (Å²) in [4.78, 5) is 10.8. The number of aryl methyl sites for hydroxylation is 1. The molecule has 0 bridgehead atoms. The van der Waals surface area contributed by atoms with Crippen LogP contribution in [0, 0.1) is 12.3 Å². The van der Waals surface area contributed by atoms with Crippen molar-refractivity contribution in [2.24, 2.45) is 5.41 Å². The van der Waals surface area contributed by atoms with E-state index in [4.69, 9.17) is 16.8 Å². The molecule has 7 aromatic carbocycles. The van der Waals surface area contributed by atoms with Crippen LogP contribution in [0.25, 0.3) is 83.9 Å². The summed E-state index contributed by atoms with van der Waals surface area (Å²) in [6.07, 6.45) is -0.0619. The van der Waals surface area contributed by atoms with Crippen LogP contribution >= 0.6 is 0 Å². The van der Waals surface area contributed by atoms with Crippen molar-refractivity contribution in [1.29, 1.82) is 0 Å². The molecule has 1 N–H and O–H groups in total. The lowest BCUT2D eigenvalue weighted by Crippen LogP contribution is -2.17. The molecule has 0 spiro atoms. The number of rotatable bonds is 8. The fourth-order valence-corrected chi connectivity index (χ4v) is 9.96. The summed E-state index contributed by atoms with van der Waals surface area (Å²) < 4.78 is 46.3. The van der Waals surface area contributed by atoms with Gasteiger partial charge >= 0.3 is 0 Å². The summed E-state index contributed by atoms with van der Waals surface area (Å²) in [5.41, 5.74) is 14.5. The van der Waals surface area contributed by atoms with Crippen LogP contribution in [0.3, 0.4) is 0 Å². The lowest BCUT2D eigenvalue weighted by Gasteiger charge is -2.28. The van der Waals surface area contributed by atoms with Gasteiger partial charge in [0.05, 0.1) is 28.0 Å². The van der Waals surface area contributed by atoms with E-state index in [2.05, 4.69) is 209 Å². The van der Waals surface area contributed by atoms with Gasteiger partial charge in [0.1, 0.15) is 11.6 Å². The summed E-state index contributed by atoms with van der Waals surface area (Å²) in [5, 5.41) is 12.9. The molecule has 0 aliphatic carbocycles. The quantitative estimate of drug-likeness (QED) is 0.165. The highest BCUT2D eigenvalue weighted by molar-refractivity contribution is 6.00. The lowest BCUT2D eigenvalue weighted by atomic mass is 9.78. The molecule has 4 heteroatoms. The van der Waals surface area contributed by atoms with E-state index in [0.717, 1.165) is 72.4 Å². The minimum atomic E-state index is -2.51. The number of phenolic OH excluding ortho intramolecular Hbond substituents is 1. The Morgan fingerprint density at radius 3 is 1.62 bits per heavy atom. The van der Waals surface area contributed by atoms with E-state index in [1.165, 1.54) is 11.6 Å². The van der Waals surface area contributed by atoms with Gasteiger partial charge in [-0.1, -0.05) is 207 Å². The van der Waals surface area contributed by atoms with Crippen LogP contribution in [0.1, 0.15) is 144 Å². The Hall–Kier alpha value is -7.04. The molecule has 2 aromatic heterocycles. The number of imidazole rings is 1. The normalized spacial score (nSPS) is 14.1. The number of benzene rings is 7. The zero-order valence-electron chi connectivity index (χ0n) is 51.3. The van der Waals surface area contributed by atoms with Gasteiger partial charge in [-0.15, -0.1) is 0 Å². The van der Waals surface area contributed by atoms with Crippen molar-refractivity contribution in [2.45, 2.75) is 139 Å². The minimum Gasteiger partial charge on any atom is -0.507 e. The number of phenols is 1. The van der Waals surface area contributed by atoms with Crippen molar-refractivity contribution in [1.82, 2.24) is 14.5 Å². The number of hydrogen-bond acceptors (Lipinski definition) is 3. The van der Waals surface area contributed by atoms with Gasteiger partial charge in [0.2, 0.25) is 0 Å². The third-order valence-electron chi connectivity index (χ3n) is 14.1. The molecule has 0 fully saturated rings. The van der Waals surface area contributed by atoms with Crippen LogP contribution in [-0.4, -0.2) is 19.6 Å². The van der Waals surface area contributed by atoms with Crippen LogP contribution in [-0.2, 0) is 28.0 Å². The highest BCUT2D eigenvalue weighted by Crippen LogP contribution is 2.48. The number of nitrogens with zero attached hydrogens (tertiary/aromatic N) is 3. The number of aromatic nitrogens is 3. The molecule has 0 amide bonds. The molecular formula is C70H77N3O. The SMILES string of the molecule is [2H]C([2H])([2H])c1cc(C([2H])([2H])C(C)(C)C)ccc1-c1ccnc(-c2cc(-c3cccc4c3nc(-c3cc(C(C)(C)C)cc(C(C)(C)C)c3O)n4-c3c(-c4ccccc4)cc(C(C)(C)C)cc3-c3ccccc3)cc(C(C)(C)C)c2)c1. The van der Waals surface area contributed by atoms with Crippen LogP contribution < -0.4 is 0 Å². The molecule has 0 radical (unpaired) electrons. The molecule has 74 heavy (non-hydrogen) atoms. The van der Waals surface area contributed by atoms with Gasteiger partial charge in [-0.25, -0.2) is 4.98 Å². The first kappa shape index (κ1) is 45.6. The second-order valence-corrected chi connectivity index (χ2v) is 25.4. The first-order valence-electron chi connectivity index (χ1n) is 28.6. The molecule has 0 saturated heterocycles. The maximum absolute atomic E-state index is 12.9. The molecule has 0 aliphatic heterocycles. The molecule has 378 valence electrons. The van der Waals surface area contributed by atoms with E-state index in [0.29, 0.717) is 33.8 Å². The fraction of sp³-hybridized carbons (Fsp3) is 0.314. The summed E-state index contributed by atoms with van der Waals surface area (Å²) >= 11 is 0. The maximum Gasteiger partial charge on any atom is 0.149 e. The summed E-state index contributed by atoms with van der Waals surface area (Å²) in [5.74, 6) is 0.808. The second kappa shape index (κ2) is 19.0. The third kappa shape index (κ3) is 10.5. The van der Waals surface area contributed by atoms with Crippen molar-refractivity contribution >= 4 is 11.0 Å². The van der Waals surface area contributed by atoms with Gasteiger partial charge in [-0.2, -0.15) is 0 Å². The van der Waals surface area contributed by atoms with Gasteiger partial charge in [0, 0.05) is 40.9 Å². The topological polar surface area (TPSA) is 50.9 Å². The summed E-state index contributed by atoms with van der Waals surface area (Å²) in [6.45, 7) is 29.4. The van der Waals surface area contributed by atoms with Gasteiger partial charge in [-0.05, 0) is 144 Å². The van der Waals surface area contributed by atoms with Crippen LogP contribution in [0.15, 0.2) is 158 Å². The van der Waals surface area contributed by atoms with Crippen LogP contribution in [0.2, 0.25) is 0 Å². The van der Waals surface area contributed by atoms with Gasteiger partial charge in [0.25, 0.3) is 0 Å². The van der Waals surface area contributed by atoms with Gasteiger partial charge < -0.3 is 5.11 Å². The zero-order chi connectivity index (χ0) is 57.6. The van der Waals surface area contributed by atoms with E-state index in [1.54, 1.807) is 18.3 Å². The first-order chi connectivity index (χ1) is 36.6. The largest absolute Gasteiger partial charge is 0.507 e. The van der Waals surface area contributed by atoms with E-state index < -0.39 is 24.1 Å². The number of fused-ring (bicyclic) bond motifs is 1. The summed E-state index contributed by atoms with van der Waals surface area (Å²) in [6, 6.07) is 51.8. The molecule has 9 rings (SSSR count). The molecule has 0 atom stereocenters. The van der Waals surface area contributed by atoms with Crippen molar-refractivity contribution in [3.05, 3.63) is 191 Å². The highest BCUT2D eigenvalue weighted by Gasteiger charge is 2.31. The number of hydrogen-bond donors (Lipinski definition) is 1. The lowest BCUT2D eigenvalue weighted by molar-refractivity contribution is 0.411. The third-order valence-corrected chi connectivity index (χ3v) is 14.1. The molecule has 0 unspecified atom stereocenters. The predicted molar refractivity (Wildman–Crippen MR) is 316 cm³/mol. The Morgan fingerprint density at radius 2 is 1.05 bits per heavy atom. The number of aromatic hydroxyl groups is 1. The van der Waals surface area contributed by atoms with Crippen LogP contribution in [0.4, 0.5) is 0 Å². The minimum absolute atomic E-state index is 0.0880. The van der Waals surface area contributed by atoms with Gasteiger partial charge in [-0.3, -0.25) is 9.55 Å². The Balaban J connectivity index is 1.38. The van der Waals surface area contributed by atoms with Crippen LogP contribution in [0.5, 0.6) is 5.75 Å². The average Bonchev–Trinajstić information content (AvgIpc) is 3.97. The maximum atomic E-state index is 12.9. The Kier molecular flexibility index (Phi) is 11.7. The molecule has 2 heterocycles. The molecule has 9 aromatic rings. The van der Waals surface area contributed by atoms with Crippen molar-refractivity contribution < 1.29 is 12.0 Å². The zero-order valence-corrected chi connectivity index (χ0v) is 46.3. The average molecular weight is 981 g/mol. The first-order valence-corrected chi connectivity index (χ1v) is 26.1. The van der Waals surface area contributed by atoms with Gasteiger partial charge in [0.15, 0.2) is 0 Å². The Morgan fingerprint density at radius 1 is 0.486 bits per heavy atom. The molecule has 4 nitrogen and oxygen atoms in total. The second-order valence-electron chi connectivity index (χ2n) is 25.4. The van der Waals surface area contributed by atoms with E-state index in [-0.39, 0.29) is 27.6 Å². The monoisotopic (exact) mass is 981 g/mol. The number of pyridine rings is 1. The van der Waals surface area contributed by atoms with E-state index in [9.17, 15) is 5.11 Å². The predicted octanol–water partition coefficient (Wildman–Crippen LogP) is 19.2. The highest BCUT2D eigenvalue weighted by atomic mass is 16.3. The van der Waals surface area contributed by atoms with E-state index >= 15 is 0 Å². The standard InChI is InChI=1S/C70H77N3O/c1-44-34-45(43-66(2,3)4)30-31-54(44)48-32-33-71-60(38-48)50-35-49(36-51(37-50)67(5,6)7)55-28-23-29-61-62(55)72-65(58-41-53(69(11,12)13)42-59(64(58)74)70(14,15)16)73(61)63-56(46-24-19-17-20-25-46)39-52(68(8,9)10)40-57(63)47-26-21-18-22-27-47/h17-42,74H,43H2,1-16H3/i1D3,43D2. The Labute approximate surface area is 449 Å². The number of para-hydroxylation sites is 1.